The van der Waals surface area contributed by atoms with Gasteiger partial charge in [-0.25, -0.2) is 0 Å². The van der Waals surface area contributed by atoms with Gasteiger partial charge in [-0.05, 0) is 83.5 Å². The minimum absolute atomic E-state index is 0.196. The van der Waals surface area contributed by atoms with Crippen LogP contribution in [0.4, 0.5) is 0 Å². The average molecular weight is 886 g/mol. The van der Waals surface area contributed by atoms with Crippen LogP contribution in [0.25, 0.3) is 0 Å². The van der Waals surface area contributed by atoms with Crippen molar-refractivity contribution in [3.05, 3.63) is 72.9 Å². The molecule has 0 spiro atoms. The average Bonchev–Trinajstić information content (AvgIpc) is 3.28. The van der Waals surface area contributed by atoms with Crippen molar-refractivity contribution >= 4 is 5.91 Å². The molecule has 63 heavy (non-hydrogen) atoms. The first-order valence-electron chi connectivity index (χ1n) is 25.7. The Bertz CT molecular complexity index is 1210. The molecule has 0 aromatic rings. The highest BCUT2D eigenvalue weighted by atomic mass is 16.7. The number of ether oxygens (including phenoxy) is 2. The molecule has 1 amide bonds. The van der Waals surface area contributed by atoms with Gasteiger partial charge in [0.15, 0.2) is 6.29 Å². The topological polar surface area (TPSA) is 149 Å². The maximum absolute atomic E-state index is 13.0. The molecule has 1 aliphatic rings. The van der Waals surface area contributed by atoms with Crippen molar-refractivity contribution in [3.8, 4) is 0 Å². The molecule has 0 radical (unpaired) electrons. The maximum Gasteiger partial charge on any atom is 0.220 e. The van der Waals surface area contributed by atoms with E-state index in [0.717, 1.165) is 64.2 Å². The van der Waals surface area contributed by atoms with Crippen LogP contribution in [0.1, 0.15) is 206 Å². The van der Waals surface area contributed by atoms with Crippen molar-refractivity contribution in [1.82, 2.24) is 5.32 Å². The Morgan fingerprint density at radius 1 is 0.540 bits per heavy atom. The molecular formula is C54H95NO8. The van der Waals surface area contributed by atoms with E-state index in [2.05, 4.69) is 79.9 Å². The van der Waals surface area contributed by atoms with Gasteiger partial charge in [0.05, 0.1) is 25.4 Å². The third-order valence-corrected chi connectivity index (χ3v) is 11.7. The third kappa shape index (κ3) is 33.7. The summed E-state index contributed by atoms with van der Waals surface area (Å²) in [6.07, 6.45) is 52.4. The number of carbonyl (C=O) groups is 1. The lowest BCUT2D eigenvalue weighted by molar-refractivity contribution is -0.302. The van der Waals surface area contributed by atoms with E-state index in [1.807, 2.05) is 6.08 Å². The van der Waals surface area contributed by atoms with E-state index in [0.29, 0.717) is 6.42 Å². The minimum atomic E-state index is -1.58. The molecule has 9 heteroatoms. The van der Waals surface area contributed by atoms with E-state index in [9.17, 15) is 30.3 Å². The van der Waals surface area contributed by atoms with Crippen LogP contribution in [-0.2, 0) is 14.3 Å². The molecule has 0 saturated carbocycles. The Hall–Kier alpha value is -2.37. The molecule has 1 fully saturated rings. The number of unbranched alkanes of at least 4 members (excludes halogenated alkanes) is 22. The van der Waals surface area contributed by atoms with E-state index in [-0.39, 0.29) is 12.5 Å². The summed E-state index contributed by atoms with van der Waals surface area (Å²) in [6, 6.07) is -0.831. The summed E-state index contributed by atoms with van der Waals surface area (Å²) in [7, 11) is 0. The largest absolute Gasteiger partial charge is 0.394 e. The molecule has 7 atom stereocenters. The van der Waals surface area contributed by atoms with E-state index < -0.39 is 49.5 Å². The number of hydrogen-bond acceptors (Lipinski definition) is 8. The van der Waals surface area contributed by atoms with Crippen molar-refractivity contribution in [2.24, 2.45) is 0 Å². The normalized spacial score (nSPS) is 20.8. The molecule has 0 aromatic heterocycles. The lowest BCUT2D eigenvalue weighted by atomic mass is 9.99. The smallest absolute Gasteiger partial charge is 0.220 e. The second kappa shape index (κ2) is 43.5. The molecule has 0 aromatic carbocycles. The number of nitrogens with one attached hydrogen (secondary N) is 1. The summed E-state index contributed by atoms with van der Waals surface area (Å²) < 4.78 is 11.2. The van der Waals surface area contributed by atoms with Gasteiger partial charge in [0, 0.05) is 6.42 Å². The Morgan fingerprint density at radius 3 is 1.48 bits per heavy atom. The van der Waals surface area contributed by atoms with Crippen molar-refractivity contribution in [1.29, 1.82) is 0 Å². The standard InChI is InChI=1S/C54H95NO8/c1-3-5-7-9-11-13-15-17-18-19-20-21-22-23-24-25-26-27-28-29-30-32-34-36-38-40-42-44-50(58)55-47(46-62-54-53(61)52(60)51(59)49(45-56)63-54)48(57)43-41-39-37-35-33-31-16-14-12-10-8-6-4-2/h12,14-15,17,19-20,22-23,33,35,41,43,47-49,51-54,56-57,59-61H,3-11,13,16,18,21,24-32,34,36-40,42,44-46H2,1-2H3,(H,55,58)/b14-12+,17-15-,20-19-,23-22-,35-33+,43-41+. The van der Waals surface area contributed by atoms with Crippen LogP contribution in [0.3, 0.4) is 0 Å². The molecule has 1 saturated heterocycles. The van der Waals surface area contributed by atoms with Crippen LogP contribution < -0.4 is 5.32 Å². The molecule has 9 nitrogen and oxygen atoms in total. The van der Waals surface area contributed by atoms with Crippen LogP contribution in [0.2, 0.25) is 0 Å². The van der Waals surface area contributed by atoms with Gasteiger partial charge in [-0.2, -0.15) is 0 Å². The lowest BCUT2D eigenvalue weighted by Gasteiger charge is -2.40. The fourth-order valence-electron chi connectivity index (χ4n) is 7.61. The van der Waals surface area contributed by atoms with Crippen LogP contribution in [0.15, 0.2) is 72.9 Å². The number of rotatable bonds is 42. The Morgan fingerprint density at radius 2 is 0.952 bits per heavy atom. The van der Waals surface area contributed by atoms with Crippen molar-refractivity contribution in [2.75, 3.05) is 13.2 Å². The first kappa shape index (κ1) is 58.6. The summed E-state index contributed by atoms with van der Waals surface area (Å²) in [6.45, 7) is 3.70. The highest BCUT2D eigenvalue weighted by molar-refractivity contribution is 5.76. The lowest BCUT2D eigenvalue weighted by Crippen LogP contribution is -2.60. The molecule has 1 heterocycles. The monoisotopic (exact) mass is 886 g/mol. The predicted molar refractivity (Wildman–Crippen MR) is 262 cm³/mol. The molecule has 1 rings (SSSR count). The molecule has 1 aliphatic heterocycles. The fraction of sp³-hybridized carbons (Fsp3) is 0.759. The molecule has 7 unspecified atom stereocenters. The molecule has 0 aliphatic carbocycles. The zero-order valence-corrected chi connectivity index (χ0v) is 40.1. The summed E-state index contributed by atoms with van der Waals surface area (Å²) >= 11 is 0. The van der Waals surface area contributed by atoms with Gasteiger partial charge in [0.25, 0.3) is 0 Å². The highest BCUT2D eigenvalue weighted by Crippen LogP contribution is 2.22. The zero-order valence-electron chi connectivity index (χ0n) is 40.1. The quantitative estimate of drug-likeness (QED) is 0.0262. The third-order valence-electron chi connectivity index (χ3n) is 11.7. The Labute approximate surface area is 385 Å². The van der Waals surface area contributed by atoms with E-state index in [4.69, 9.17) is 9.47 Å². The highest BCUT2D eigenvalue weighted by Gasteiger charge is 2.44. The molecule has 0 bridgehead atoms. The first-order chi connectivity index (χ1) is 30.8. The number of aliphatic hydroxyl groups is 5. The first-order valence-corrected chi connectivity index (χ1v) is 25.7. The summed E-state index contributed by atoms with van der Waals surface area (Å²) in [4.78, 5) is 13.0. The van der Waals surface area contributed by atoms with Gasteiger partial charge in [-0.15, -0.1) is 0 Å². The van der Waals surface area contributed by atoms with Gasteiger partial charge < -0.3 is 40.3 Å². The zero-order chi connectivity index (χ0) is 45.9. The molecule has 6 N–H and O–H groups in total. The maximum atomic E-state index is 13.0. The Balaban J connectivity index is 2.25. The van der Waals surface area contributed by atoms with Crippen molar-refractivity contribution in [3.63, 3.8) is 0 Å². The van der Waals surface area contributed by atoms with Gasteiger partial charge in [-0.3, -0.25) is 4.79 Å². The van der Waals surface area contributed by atoms with Crippen LogP contribution in [-0.4, -0.2) is 87.5 Å². The molecular weight excluding hydrogens is 791 g/mol. The predicted octanol–water partition coefficient (Wildman–Crippen LogP) is 11.7. The van der Waals surface area contributed by atoms with E-state index >= 15 is 0 Å². The van der Waals surface area contributed by atoms with Crippen LogP contribution in [0.5, 0.6) is 0 Å². The van der Waals surface area contributed by atoms with Gasteiger partial charge in [0.2, 0.25) is 5.91 Å². The SMILES string of the molecule is CCCCC/C=C/CC/C=C/CC/C=C/C(O)C(COC1OC(CO)C(O)C(O)C1O)NC(=O)CCCCCCCCCCCCCC/C=C\C/C=C\C/C=C\CCCCCCC. The summed E-state index contributed by atoms with van der Waals surface area (Å²) in [5.74, 6) is -0.196. The van der Waals surface area contributed by atoms with E-state index in [1.54, 1.807) is 6.08 Å². The van der Waals surface area contributed by atoms with Gasteiger partial charge >= 0.3 is 0 Å². The Kier molecular flexibility index (Phi) is 40.5. The van der Waals surface area contributed by atoms with E-state index in [1.165, 1.54) is 122 Å². The minimum Gasteiger partial charge on any atom is -0.394 e. The van der Waals surface area contributed by atoms with Crippen LogP contribution in [0, 0.1) is 0 Å². The summed E-state index contributed by atoms with van der Waals surface area (Å²) in [5, 5.41) is 54.2. The van der Waals surface area contributed by atoms with Crippen molar-refractivity contribution < 1.29 is 39.8 Å². The van der Waals surface area contributed by atoms with Crippen molar-refractivity contribution in [2.45, 2.75) is 249 Å². The van der Waals surface area contributed by atoms with Gasteiger partial charge in [0.1, 0.15) is 24.4 Å². The second-order valence-corrected chi connectivity index (χ2v) is 17.6. The second-order valence-electron chi connectivity index (χ2n) is 17.6. The number of allylic oxidation sites excluding steroid dienone is 11. The number of amides is 1. The number of aliphatic hydroxyl groups excluding tert-OH is 5. The number of hydrogen-bond donors (Lipinski definition) is 6. The molecule has 364 valence electrons. The van der Waals surface area contributed by atoms with Gasteiger partial charge in [-0.1, -0.05) is 189 Å². The number of carbonyl (C=O) groups excluding carboxylic acids is 1. The summed E-state index contributed by atoms with van der Waals surface area (Å²) in [5.41, 5.74) is 0. The van der Waals surface area contributed by atoms with Crippen LogP contribution >= 0.6 is 0 Å². The fourth-order valence-corrected chi connectivity index (χ4v) is 7.61.